The SMILES string of the molecule is Cc1ncc(S(C)(=O)=O)c(NCc2snnc2C)n1. The zero-order chi connectivity index (χ0) is 14.0. The van der Waals surface area contributed by atoms with Gasteiger partial charge in [-0.15, -0.1) is 5.10 Å². The van der Waals surface area contributed by atoms with E-state index in [0.29, 0.717) is 18.2 Å². The van der Waals surface area contributed by atoms with Crippen molar-refractivity contribution in [1.82, 2.24) is 19.6 Å². The van der Waals surface area contributed by atoms with Gasteiger partial charge in [0, 0.05) is 6.26 Å². The van der Waals surface area contributed by atoms with Crippen LogP contribution in [-0.4, -0.2) is 34.2 Å². The van der Waals surface area contributed by atoms with Gasteiger partial charge in [-0.2, -0.15) is 0 Å². The molecular weight excluding hydrogens is 286 g/mol. The predicted octanol–water partition coefficient (Wildman–Crippen LogP) is 0.961. The lowest BCUT2D eigenvalue weighted by Crippen LogP contribution is -2.09. The summed E-state index contributed by atoms with van der Waals surface area (Å²) in [6, 6.07) is 0. The van der Waals surface area contributed by atoms with Crippen LogP contribution < -0.4 is 5.32 Å². The van der Waals surface area contributed by atoms with Crippen molar-refractivity contribution in [3.05, 3.63) is 22.6 Å². The van der Waals surface area contributed by atoms with Crippen molar-refractivity contribution in [2.24, 2.45) is 0 Å². The smallest absolute Gasteiger partial charge is 0.180 e. The number of sulfone groups is 1. The highest BCUT2D eigenvalue weighted by atomic mass is 32.2. The van der Waals surface area contributed by atoms with Crippen LogP contribution in [0.4, 0.5) is 5.82 Å². The minimum absolute atomic E-state index is 0.0910. The van der Waals surface area contributed by atoms with Gasteiger partial charge in [-0.1, -0.05) is 4.49 Å². The van der Waals surface area contributed by atoms with Gasteiger partial charge in [-0.05, 0) is 25.4 Å². The highest BCUT2D eigenvalue weighted by Gasteiger charge is 2.16. The van der Waals surface area contributed by atoms with Gasteiger partial charge in [0.25, 0.3) is 0 Å². The predicted molar refractivity (Wildman–Crippen MR) is 71.9 cm³/mol. The van der Waals surface area contributed by atoms with Gasteiger partial charge in [0.15, 0.2) is 9.84 Å². The third-order valence-corrected chi connectivity index (χ3v) is 4.36. The zero-order valence-electron chi connectivity index (χ0n) is 10.7. The molecule has 0 spiro atoms. The van der Waals surface area contributed by atoms with E-state index in [0.717, 1.165) is 16.8 Å². The lowest BCUT2D eigenvalue weighted by atomic mass is 10.4. The van der Waals surface area contributed by atoms with Crippen LogP contribution in [0.5, 0.6) is 0 Å². The van der Waals surface area contributed by atoms with Gasteiger partial charge in [0.2, 0.25) is 0 Å². The first-order chi connectivity index (χ1) is 8.88. The Balaban J connectivity index is 2.29. The fourth-order valence-corrected chi connectivity index (χ4v) is 2.72. The number of hydrogen-bond acceptors (Lipinski definition) is 8. The molecule has 7 nitrogen and oxygen atoms in total. The maximum Gasteiger partial charge on any atom is 0.180 e. The molecule has 0 aliphatic carbocycles. The molecule has 0 unspecified atom stereocenters. The topological polar surface area (TPSA) is 97.7 Å². The molecule has 0 amide bonds. The number of anilines is 1. The molecule has 0 aromatic carbocycles. The third-order valence-electron chi connectivity index (χ3n) is 2.44. The molecular formula is C10H13N5O2S2. The Bertz CT molecular complexity index is 696. The van der Waals surface area contributed by atoms with Crippen LogP contribution in [0.3, 0.4) is 0 Å². The van der Waals surface area contributed by atoms with E-state index in [1.165, 1.54) is 17.7 Å². The number of nitrogens with zero attached hydrogens (tertiary/aromatic N) is 4. The summed E-state index contributed by atoms with van der Waals surface area (Å²) in [5.41, 5.74) is 0.823. The molecule has 2 aromatic rings. The molecule has 19 heavy (non-hydrogen) atoms. The van der Waals surface area contributed by atoms with Crippen molar-refractivity contribution in [2.45, 2.75) is 25.3 Å². The van der Waals surface area contributed by atoms with Crippen molar-refractivity contribution in [3.8, 4) is 0 Å². The minimum atomic E-state index is -3.37. The molecule has 0 radical (unpaired) electrons. The molecule has 9 heteroatoms. The molecule has 1 N–H and O–H groups in total. The summed E-state index contributed by atoms with van der Waals surface area (Å²) in [4.78, 5) is 9.08. The molecule has 0 atom stereocenters. The Morgan fingerprint density at radius 3 is 2.68 bits per heavy atom. The van der Waals surface area contributed by atoms with E-state index in [1.807, 2.05) is 6.92 Å². The molecule has 2 aromatic heterocycles. The van der Waals surface area contributed by atoms with Crippen LogP contribution in [0, 0.1) is 13.8 Å². The highest BCUT2D eigenvalue weighted by molar-refractivity contribution is 7.90. The highest BCUT2D eigenvalue weighted by Crippen LogP contribution is 2.19. The second kappa shape index (κ2) is 5.17. The van der Waals surface area contributed by atoms with Crippen molar-refractivity contribution < 1.29 is 8.42 Å². The summed E-state index contributed by atoms with van der Waals surface area (Å²) in [6.45, 7) is 3.99. The Hall–Kier alpha value is -1.61. The van der Waals surface area contributed by atoms with Gasteiger partial charge in [0.05, 0.1) is 23.3 Å². The number of hydrogen-bond donors (Lipinski definition) is 1. The summed E-state index contributed by atoms with van der Waals surface area (Å²) < 4.78 is 27.1. The van der Waals surface area contributed by atoms with Crippen molar-refractivity contribution in [3.63, 3.8) is 0 Å². The largest absolute Gasteiger partial charge is 0.364 e. The number of nitrogens with one attached hydrogen (secondary N) is 1. The van der Waals surface area contributed by atoms with E-state index in [2.05, 4.69) is 24.9 Å². The third kappa shape index (κ3) is 3.24. The monoisotopic (exact) mass is 299 g/mol. The number of aromatic nitrogens is 4. The number of rotatable bonds is 4. The molecule has 0 bridgehead atoms. The summed E-state index contributed by atoms with van der Waals surface area (Å²) in [7, 11) is -3.37. The molecule has 2 rings (SSSR count). The van der Waals surface area contributed by atoms with Crippen LogP contribution in [-0.2, 0) is 16.4 Å². The maximum atomic E-state index is 11.7. The van der Waals surface area contributed by atoms with E-state index >= 15 is 0 Å². The van der Waals surface area contributed by atoms with Crippen LogP contribution >= 0.6 is 11.5 Å². The normalized spacial score (nSPS) is 11.5. The Morgan fingerprint density at radius 1 is 1.37 bits per heavy atom. The van der Waals surface area contributed by atoms with Gasteiger partial charge < -0.3 is 5.32 Å². The fourth-order valence-electron chi connectivity index (χ4n) is 1.43. The lowest BCUT2D eigenvalue weighted by molar-refractivity contribution is 0.601. The van der Waals surface area contributed by atoms with Crippen molar-refractivity contribution >= 4 is 27.2 Å². The maximum absolute atomic E-state index is 11.7. The molecule has 0 saturated carbocycles. The average molecular weight is 299 g/mol. The first-order valence-corrected chi connectivity index (χ1v) is 8.10. The summed E-state index contributed by atoms with van der Waals surface area (Å²) in [5, 5.41) is 6.90. The standard InChI is InChI=1S/C10H13N5O2S2/c1-6-8(18-15-14-6)4-12-10-9(19(3,16)17)5-11-7(2)13-10/h5H,4H2,1-3H3,(H,11,12,13). The number of aryl methyl sites for hydroxylation is 2. The van der Waals surface area contributed by atoms with Crippen LogP contribution in [0.2, 0.25) is 0 Å². The second-order valence-corrected chi connectivity index (χ2v) is 6.86. The first-order valence-electron chi connectivity index (χ1n) is 5.43. The second-order valence-electron chi connectivity index (χ2n) is 4.04. The van der Waals surface area contributed by atoms with Gasteiger partial charge in [0.1, 0.15) is 16.5 Å². The van der Waals surface area contributed by atoms with E-state index in [1.54, 1.807) is 6.92 Å². The van der Waals surface area contributed by atoms with Gasteiger partial charge in [-0.3, -0.25) is 0 Å². The summed E-state index contributed by atoms with van der Waals surface area (Å²) >= 11 is 1.27. The zero-order valence-corrected chi connectivity index (χ0v) is 12.3. The summed E-state index contributed by atoms with van der Waals surface area (Å²) in [5.74, 6) is 0.817. The van der Waals surface area contributed by atoms with E-state index in [9.17, 15) is 8.42 Å². The fraction of sp³-hybridized carbons (Fsp3) is 0.400. The lowest BCUT2D eigenvalue weighted by Gasteiger charge is -2.09. The molecule has 0 saturated heterocycles. The molecule has 0 fully saturated rings. The molecule has 102 valence electrons. The van der Waals surface area contributed by atoms with E-state index in [4.69, 9.17) is 0 Å². The van der Waals surface area contributed by atoms with Crippen LogP contribution in [0.25, 0.3) is 0 Å². The van der Waals surface area contributed by atoms with Crippen molar-refractivity contribution in [2.75, 3.05) is 11.6 Å². The van der Waals surface area contributed by atoms with Crippen LogP contribution in [0.1, 0.15) is 16.4 Å². The van der Waals surface area contributed by atoms with Crippen LogP contribution in [0.15, 0.2) is 11.1 Å². The molecule has 2 heterocycles. The van der Waals surface area contributed by atoms with E-state index in [-0.39, 0.29) is 4.90 Å². The first kappa shape index (κ1) is 13.8. The Kier molecular flexibility index (Phi) is 3.76. The van der Waals surface area contributed by atoms with Crippen molar-refractivity contribution in [1.29, 1.82) is 0 Å². The van der Waals surface area contributed by atoms with E-state index < -0.39 is 9.84 Å². The van der Waals surface area contributed by atoms with Gasteiger partial charge >= 0.3 is 0 Å². The Labute approximate surface area is 115 Å². The Morgan fingerprint density at radius 2 is 2.11 bits per heavy atom. The molecule has 0 aliphatic rings. The average Bonchev–Trinajstić information content (AvgIpc) is 2.70. The minimum Gasteiger partial charge on any atom is -0.364 e. The summed E-state index contributed by atoms with van der Waals surface area (Å²) in [6.07, 6.45) is 2.45. The quantitative estimate of drug-likeness (QED) is 0.897. The molecule has 0 aliphatic heterocycles. The van der Waals surface area contributed by atoms with Gasteiger partial charge in [-0.25, -0.2) is 18.4 Å².